The summed E-state index contributed by atoms with van der Waals surface area (Å²) < 4.78 is 26.7. The van der Waals surface area contributed by atoms with Gasteiger partial charge in [-0.2, -0.15) is 0 Å². The molecule has 0 aliphatic heterocycles. The summed E-state index contributed by atoms with van der Waals surface area (Å²) >= 11 is 3.10. The number of pyridine rings is 2. The molecule has 6 nitrogen and oxygen atoms in total. The minimum Gasteiger partial charge on any atom is -0.327 e. The lowest BCUT2D eigenvalue weighted by Crippen LogP contribution is -2.22. The summed E-state index contributed by atoms with van der Waals surface area (Å²) in [4.78, 5) is 17.2. The molecule has 2 N–H and O–H groups in total. The highest BCUT2D eigenvalue weighted by atomic mass is 79.9. The van der Waals surface area contributed by atoms with Crippen molar-refractivity contribution >= 4 is 31.6 Å². The second-order valence-corrected chi connectivity index (χ2v) is 5.92. The summed E-state index contributed by atoms with van der Waals surface area (Å²) in [6.07, 6.45) is 4.23. The van der Waals surface area contributed by atoms with Crippen molar-refractivity contribution < 1.29 is 8.42 Å². The Kier molecular flexibility index (Phi) is 3.48. The third-order valence-electron chi connectivity index (χ3n) is 2.04. The van der Waals surface area contributed by atoms with E-state index >= 15 is 0 Å². The molecular weight excluding hydrogens is 322 g/mol. The SMILES string of the molecule is O=c1[nH]cc(Br)cc1S(=O)(=O)Nc1cccnc1. The number of hydrogen-bond donors (Lipinski definition) is 2. The van der Waals surface area contributed by atoms with E-state index in [2.05, 4.69) is 30.6 Å². The van der Waals surface area contributed by atoms with Crippen LogP contribution in [0.4, 0.5) is 5.69 Å². The van der Waals surface area contributed by atoms with Gasteiger partial charge in [0.05, 0.1) is 11.9 Å². The largest absolute Gasteiger partial charge is 0.327 e. The maximum Gasteiger partial charge on any atom is 0.268 e. The first-order chi connectivity index (χ1) is 8.49. The predicted octanol–water partition coefficient (Wildman–Crippen LogP) is 1.33. The molecule has 0 saturated heterocycles. The van der Waals surface area contributed by atoms with E-state index < -0.39 is 15.6 Å². The van der Waals surface area contributed by atoms with Crippen LogP contribution in [0.15, 0.2) is 51.0 Å². The summed E-state index contributed by atoms with van der Waals surface area (Å²) in [6.45, 7) is 0. The van der Waals surface area contributed by atoms with Crippen molar-refractivity contribution in [1.82, 2.24) is 9.97 Å². The first-order valence-electron chi connectivity index (χ1n) is 4.80. The molecule has 0 bridgehead atoms. The molecule has 0 unspecified atom stereocenters. The normalized spacial score (nSPS) is 11.2. The zero-order valence-electron chi connectivity index (χ0n) is 8.92. The number of aromatic amines is 1. The Morgan fingerprint density at radius 2 is 2.17 bits per heavy atom. The van der Waals surface area contributed by atoms with Crippen molar-refractivity contribution in [3.05, 3.63) is 51.6 Å². The van der Waals surface area contributed by atoms with E-state index in [0.717, 1.165) is 0 Å². The van der Waals surface area contributed by atoms with Crippen LogP contribution < -0.4 is 10.3 Å². The third-order valence-corrected chi connectivity index (χ3v) is 3.88. The van der Waals surface area contributed by atoms with E-state index in [9.17, 15) is 13.2 Å². The predicted molar refractivity (Wildman–Crippen MR) is 69.8 cm³/mol. The number of aromatic nitrogens is 2. The Morgan fingerprint density at radius 3 is 2.83 bits per heavy atom. The van der Waals surface area contributed by atoms with Gasteiger partial charge in [0.1, 0.15) is 0 Å². The summed E-state index contributed by atoms with van der Waals surface area (Å²) in [7, 11) is -3.93. The lowest BCUT2D eigenvalue weighted by atomic mass is 10.4. The van der Waals surface area contributed by atoms with Gasteiger partial charge < -0.3 is 4.98 Å². The molecule has 0 spiro atoms. The highest BCUT2D eigenvalue weighted by Crippen LogP contribution is 2.14. The van der Waals surface area contributed by atoms with E-state index in [1.54, 1.807) is 6.07 Å². The first kappa shape index (κ1) is 12.8. The van der Waals surface area contributed by atoms with Gasteiger partial charge in [-0.15, -0.1) is 0 Å². The topological polar surface area (TPSA) is 91.9 Å². The van der Waals surface area contributed by atoms with Crippen LogP contribution in [0.5, 0.6) is 0 Å². The molecule has 94 valence electrons. The summed E-state index contributed by atoms with van der Waals surface area (Å²) in [6, 6.07) is 4.36. The van der Waals surface area contributed by atoms with Crippen molar-refractivity contribution in [2.45, 2.75) is 4.90 Å². The van der Waals surface area contributed by atoms with E-state index in [4.69, 9.17) is 0 Å². The van der Waals surface area contributed by atoms with Crippen LogP contribution in [-0.4, -0.2) is 18.4 Å². The molecule has 0 atom stereocenters. The van der Waals surface area contributed by atoms with Crippen LogP contribution in [0.3, 0.4) is 0 Å². The van der Waals surface area contributed by atoms with Crippen LogP contribution in [-0.2, 0) is 10.0 Å². The third kappa shape index (κ3) is 2.77. The number of halogens is 1. The van der Waals surface area contributed by atoms with Gasteiger partial charge in [-0.3, -0.25) is 14.5 Å². The fraction of sp³-hybridized carbons (Fsp3) is 0. The number of sulfonamides is 1. The number of anilines is 1. The van der Waals surface area contributed by atoms with Crippen LogP contribution >= 0.6 is 15.9 Å². The highest BCUT2D eigenvalue weighted by Gasteiger charge is 2.18. The average molecular weight is 330 g/mol. The molecule has 0 saturated carbocycles. The molecule has 0 aromatic carbocycles. The minimum atomic E-state index is -3.93. The van der Waals surface area contributed by atoms with Crippen LogP contribution in [0.2, 0.25) is 0 Å². The molecule has 0 aliphatic rings. The van der Waals surface area contributed by atoms with Gasteiger partial charge in [-0.1, -0.05) is 0 Å². The maximum absolute atomic E-state index is 12.0. The van der Waals surface area contributed by atoms with Crippen molar-refractivity contribution in [1.29, 1.82) is 0 Å². The first-order valence-corrected chi connectivity index (χ1v) is 7.08. The highest BCUT2D eigenvalue weighted by molar-refractivity contribution is 9.10. The van der Waals surface area contributed by atoms with Gasteiger partial charge in [-0.25, -0.2) is 8.42 Å². The van der Waals surface area contributed by atoms with E-state index in [0.29, 0.717) is 4.47 Å². The zero-order chi connectivity index (χ0) is 13.2. The average Bonchev–Trinajstić information content (AvgIpc) is 2.33. The van der Waals surface area contributed by atoms with Crippen LogP contribution in [0.1, 0.15) is 0 Å². The summed E-state index contributed by atoms with van der Waals surface area (Å²) in [5.74, 6) is 0. The fourth-order valence-corrected chi connectivity index (χ4v) is 2.89. The fourth-order valence-electron chi connectivity index (χ4n) is 1.27. The van der Waals surface area contributed by atoms with Crippen molar-refractivity contribution in [3.63, 3.8) is 0 Å². The zero-order valence-corrected chi connectivity index (χ0v) is 11.3. The second-order valence-electron chi connectivity index (χ2n) is 3.36. The van der Waals surface area contributed by atoms with Crippen molar-refractivity contribution in [3.8, 4) is 0 Å². The number of nitrogens with one attached hydrogen (secondary N) is 2. The minimum absolute atomic E-state index is 0.289. The lowest BCUT2D eigenvalue weighted by Gasteiger charge is -2.06. The molecule has 2 rings (SSSR count). The molecule has 0 radical (unpaired) electrons. The van der Waals surface area contributed by atoms with Crippen molar-refractivity contribution in [2.24, 2.45) is 0 Å². The quantitative estimate of drug-likeness (QED) is 0.888. The number of nitrogens with zero attached hydrogens (tertiary/aromatic N) is 1. The number of rotatable bonds is 3. The van der Waals surface area contributed by atoms with E-state index in [1.165, 1.54) is 30.7 Å². The molecule has 0 aliphatic carbocycles. The van der Waals surface area contributed by atoms with Gasteiger partial charge in [0.25, 0.3) is 15.6 Å². The monoisotopic (exact) mass is 329 g/mol. The van der Waals surface area contributed by atoms with Crippen LogP contribution in [0, 0.1) is 0 Å². The second kappa shape index (κ2) is 4.91. The molecule has 8 heteroatoms. The van der Waals surface area contributed by atoms with Gasteiger partial charge in [0, 0.05) is 16.9 Å². The van der Waals surface area contributed by atoms with Crippen molar-refractivity contribution in [2.75, 3.05) is 4.72 Å². The smallest absolute Gasteiger partial charge is 0.268 e. The Morgan fingerprint density at radius 1 is 1.39 bits per heavy atom. The van der Waals surface area contributed by atoms with E-state index in [1.807, 2.05) is 0 Å². The number of hydrogen-bond acceptors (Lipinski definition) is 4. The molecule has 2 heterocycles. The summed E-state index contributed by atoms with van der Waals surface area (Å²) in [5, 5.41) is 0. The van der Waals surface area contributed by atoms with Crippen LogP contribution in [0.25, 0.3) is 0 Å². The molecule has 0 fully saturated rings. The Balaban J connectivity index is 2.43. The number of H-pyrrole nitrogens is 1. The van der Waals surface area contributed by atoms with Gasteiger partial charge in [0.2, 0.25) is 0 Å². The van der Waals surface area contributed by atoms with Gasteiger partial charge in [-0.05, 0) is 34.1 Å². The van der Waals surface area contributed by atoms with E-state index in [-0.39, 0.29) is 10.6 Å². The maximum atomic E-state index is 12.0. The molecule has 0 amide bonds. The Hall–Kier alpha value is -1.67. The molecule has 18 heavy (non-hydrogen) atoms. The Labute approximate surface area is 111 Å². The lowest BCUT2D eigenvalue weighted by molar-refractivity contribution is 0.600. The Bertz CT molecular complexity index is 713. The van der Waals surface area contributed by atoms with Gasteiger partial charge in [0.15, 0.2) is 4.90 Å². The summed E-state index contributed by atoms with van der Waals surface area (Å²) in [5.41, 5.74) is -0.397. The molecule has 2 aromatic rings. The van der Waals surface area contributed by atoms with Gasteiger partial charge >= 0.3 is 0 Å². The standard InChI is InChI=1S/C10H8BrN3O3S/c11-7-4-9(10(15)13-5-7)18(16,17)14-8-2-1-3-12-6-8/h1-6,14H,(H,13,15). The molecular formula is C10H8BrN3O3S. The molecule has 2 aromatic heterocycles.